The summed E-state index contributed by atoms with van der Waals surface area (Å²) in [7, 11) is 3.27. The molecule has 1 rings (SSSR count). The summed E-state index contributed by atoms with van der Waals surface area (Å²) in [6, 6.07) is 5.83. The third kappa shape index (κ3) is 4.95. The maximum atomic E-state index is 5.76. The first-order valence-electron chi connectivity index (χ1n) is 6.55. The monoisotopic (exact) mass is 264 g/mol. The molecule has 0 heterocycles. The first-order valence-corrected chi connectivity index (χ1v) is 6.55. The van der Waals surface area contributed by atoms with Crippen LogP contribution in [0.2, 0.25) is 0 Å². The summed E-state index contributed by atoms with van der Waals surface area (Å²) in [5.41, 5.74) is 0.998. The average Bonchev–Trinajstić information content (AvgIpc) is 2.43. The normalized spacial score (nSPS) is 11.8. The molecule has 1 aromatic carbocycles. The van der Waals surface area contributed by atoms with Crippen molar-refractivity contribution in [3.05, 3.63) is 29.8 Å². The van der Waals surface area contributed by atoms with Crippen molar-refractivity contribution in [1.29, 1.82) is 0 Å². The van der Waals surface area contributed by atoms with E-state index in [9.17, 15) is 0 Å². The molecule has 0 aliphatic carbocycles. The van der Waals surface area contributed by atoms with Gasteiger partial charge in [-0.1, -0.05) is 25.1 Å². The molecule has 0 aromatic heterocycles. The summed E-state index contributed by atoms with van der Waals surface area (Å²) in [5.74, 6) is 1.47. The van der Waals surface area contributed by atoms with Crippen molar-refractivity contribution in [2.24, 2.45) is 0 Å². The first-order chi connectivity index (χ1) is 9.02. The lowest BCUT2D eigenvalue weighted by Crippen LogP contribution is -2.22. The standard InChI is InChI=1S/C16H24O3/c1-6-16(2,3)19-11-7-8-13-9-10-14(17-4)15(12-13)18-5/h7-10,12H,6,11H2,1-5H3/b8-7+. The molecule has 0 fully saturated rings. The van der Waals surface area contributed by atoms with Gasteiger partial charge in [-0.25, -0.2) is 0 Å². The maximum absolute atomic E-state index is 5.76. The van der Waals surface area contributed by atoms with E-state index in [1.165, 1.54) is 0 Å². The van der Waals surface area contributed by atoms with Gasteiger partial charge >= 0.3 is 0 Å². The van der Waals surface area contributed by atoms with Crippen LogP contribution in [0.25, 0.3) is 6.08 Å². The van der Waals surface area contributed by atoms with Gasteiger partial charge in [0.25, 0.3) is 0 Å². The predicted molar refractivity (Wildman–Crippen MR) is 78.9 cm³/mol. The molecule has 0 atom stereocenters. The largest absolute Gasteiger partial charge is 0.493 e. The van der Waals surface area contributed by atoms with Crippen LogP contribution in [-0.2, 0) is 4.74 Å². The Morgan fingerprint density at radius 1 is 1.11 bits per heavy atom. The van der Waals surface area contributed by atoms with E-state index in [1.54, 1.807) is 14.2 Å². The third-order valence-corrected chi connectivity index (χ3v) is 3.14. The minimum atomic E-state index is -0.0675. The molecule has 0 saturated heterocycles. The number of rotatable bonds is 7. The molecule has 0 bridgehead atoms. The van der Waals surface area contributed by atoms with E-state index in [0.29, 0.717) is 6.61 Å². The molecule has 0 unspecified atom stereocenters. The van der Waals surface area contributed by atoms with Crippen molar-refractivity contribution < 1.29 is 14.2 Å². The molecular weight excluding hydrogens is 240 g/mol. The summed E-state index contributed by atoms with van der Waals surface area (Å²) in [6.45, 7) is 6.92. The molecule has 0 saturated carbocycles. The van der Waals surface area contributed by atoms with Gasteiger partial charge in [0.15, 0.2) is 11.5 Å². The highest BCUT2D eigenvalue weighted by molar-refractivity contribution is 5.55. The number of hydrogen-bond donors (Lipinski definition) is 0. The van der Waals surface area contributed by atoms with Crippen LogP contribution < -0.4 is 9.47 Å². The molecule has 0 spiro atoms. The summed E-state index contributed by atoms with van der Waals surface area (Å²) in [4.78, 5) is 0. The van der Waals surface area contributed by atoms with Crippen LogP contribution in [0.1, 0.15) is 32.8 Å². The van der Waals surface area contributed by atoms with Crippen LogP contribution >= 0.6 is 0 Å². The summed E-state index contributed by atoms with van der Waals surface area (Å²) >= 11 is 0. The third-order valence-electron chi connectivity index (χ3n) is 3.14. The van der Waals surface area contributed by atoms with Gasteiger partial charge in [0.1, 0.15) is 0 Å². The van der Waals surface area contributed by atoms with Crippen molar-refractivity contribution in [1.82, 2.24) is 0 Å². The molecule has 0 N–H and O–H groups in total. The van der Waals surface area contributed by atoms with Gasteiger partial charge in [0.05, 0.1) is 26.4 Å². The number of methoxy groups -OCH3 is 2. The second-order valence-corrected chi connectivity index (χ2v) is 4.94. The predicted octanol–water partition coefficient (Wildman–Crippen LogP) is 3.92. The fraction of sp³-hybridized carbons (Fsp3) is 0.500. The number of ether oxygens (including phenoxy) is 3. The molecule has 1 aromatic rings. The van der Waals surface area contributed by atoms with Crippen LogP contribution in [0.3, 0.4) is 0 Å². The van der Waals surface area contributed by atoms with E-state index in [1.807, 2.05) is 30.4 Å². The lowest BCUT2D eigenvalue weighted by Gasteiger charge is -2.22. The van der Waals surface area contributed by atoms with Crippen LogP contribution in [0.4, 0.5) is 0 Å². The van der Waals surface area contributed by atoms with Crippen LogP contribution in [0.5, 0.6) is 11.5 Å². The second-order valence-electron chi connectivity index (χ2n) is 4.94. The molecule has 0 radical (unpaired) electrons. The van der Waals surface area contributed by atoms with Gasteiger partial charge < -0.3 is 14.2 Å². The quantitative estimate of drug-likeness (QED) is 0.747. The molecule has 0 aliphatic rings. The zero-order valence-corrected chi connectivity index (χ0v) is 12.5. The van der Waals surface area contributed by atoms with Gasteiger partial charge in [-0.3, -0.25) is 0 Å². The van der Waals surface area contributed by atoms with Gasteiger partial charge in [-0.15, -0.1) is 0 Å². The highest BCUT2D eigenvalue weighted by Crippen LogP contribution is 2.27. The zero-order valence-electron chi connectivity index (χ0n) is 12.5. The minimum absolute atomic E-state index is 0.0675. The SMILES string of the molecule is CCC(C)(C)OC/C=C/c1ccc(OC)c(OC)c1. The summed E-state index contributed by atoms with van der Waals surface area (Å²) in [6.07, 6.45) is 5.03. The van der Waals surface area contributed by atoms with Gasteiger partial charge in [-0.2, -0.15) is 0 Å². The van der Waals surface area contributed by atoms with Gasteiger partial charge in [0.2, 0.25) is 0 Å². The Labute approximate surface area is 116 Å². The van der Waals surface area contributed by atoms with Gasteiger partial charge in [-0.05, 0) is 38.0 Å². The van der Waals surface area contributed by atoms with Crippen LogP contribution in [0.15, 0.2) is 24.3 Å². The smallest absolute Gasteiger partial charge is 0.161 e. The van der Waals surface area contributed by atoms with Crippen LogP contribution in [0, 0.1) is 0 Å². The molecule has 0 aliphatic heterocycles. The fourth-order valence-electron chi connectivity index (χ4n) is 1.52. The Morgan fingerprint density at radius 2 is 1.79 bits per heavy atom. The van der Waals surface area contributed by atoms with Crippen molar-refractivity contribution >= 4 is 6.08 Å². The summed E-state index contributed by atoms with van der Waals surface area (Å²) in [5, 5.41) is 0. The lowest BCUT2D eigenvalue weighted by molar-refractivity contribution is -0.00324. The zero-order chi connectivity index (χ0) is 14.3. The molecule has 3 nitrogen and oxygen atoms in total. The van der Waals surface area contributed by atoms with E-state index in [-0.39, 0.29) is 5.60 Å². The van der Waals surface area contributed by atoms with Crippen molar-refractivity contribution in [2.75, 3.05) is 20.8 Å². The second kappa shape index (κ2) is 7.19. The first kappa shape index (κ1) is 15.6. The highest BCUT2D eigenvalue weighted by Gasteiger charge is 2.13. The molecule has 0 amide bonds. The Balaban J connectivity index is 2.62. The fourth-order valence-corrected chi connectivity index (χ4v) is 1.52. The van der Waals surface area contributed by atoms with E-state index < -0.39 is 0 Å². The summed E-state index contributed by atoms with van der Waals surface area (Å²) < 4.78 is 16.2. The molecule has 19 heavy (non-hydrogen) atoms. The van der Waals surface area contributed by atoms with Crippen molar-refractivity contribution in [3.63, 3.8) is 0 Å². The number of benzene rings is 1. The lowest BCUT2D eigenvalue weighted by atomic mass is 10.1. The average molecular weight is 264 g/mol. The topological polar surface area (TPSA) is 27.7 Å². The molecular formula is C16H24O3. The highest BCUT2D eigenvalue weighted by atomic mass is 16.5. The van der Waals surface area contributed by atoms with E-state index in [0.717, 1.165) is 23.5 Å². The van der Waals surface area contributed by atoms with Crippen LogP contribution in [-0.4, -0.2) is 26.4 Å². The van der Waals surface area contributed by atoms with E-state index >= 15 is 0 Å². The van der Waals surface area contributed by atoms with E-state index in [2.05, 4.69) is 20.8 Å². The minimum Gasteiger partial charge on any atom is -0.493 e. The molecule has 3 heteroatoms. The Hall–Kier alpha value is -1.48. The Kier molecular flexibility index (Phi) is 5.90. The van der Waals surface area contributed by atoms with Crippen molar-refractivity contribution in [2.45, 2.75) is 32.8 Å². The maximum Gasteiger partial charge on any atom is 0.161 e. The van der Waals surface area contributed by atoms with Gasteiger partial charge in [0, 0.05) is 0 Å². The molecule has 106 valence electrons. The van der Waals surface area contributed by atoms with Crippen molar-refractivity contribution in [3.8, 4) is 11.5 Å². The number of hydrogen-bond acceptors (Lipinski definition) is 3. The Morgan fingerprint density at radius 3 is 2.37 bits per heavy atom. The Bertz CT molecular complexity index is 422. The van der Waals surface area contributed by atoms with E-state index in [4.69, 9.17) is 14.2 Å².